The fraction of sp³-hybridized carbons (Fsp3) is 0.133. The molecule has 0 fully saturated rings. The number of amides is 1. The maximum Gasteiger partial charge on any atom is 0.323 e. The van der Waals surface area contributed by atoms with E-state index in [0.717, 1.165) is 40.7 Å². The van der Waals surface area contributed by atoms with Gasteiger partial charge >= 0.3 is 5.92 Å². The number of tetrazole rings is 1. The van der Waals surface area contributed by atoms with Crippen LogP contribution in [0.15, 0.2) is 72.9 Å². The molecule has 1 aliphatic rings. The number of aromatic nitrogens is 5. The summed E-state index contributed by atoms with van der Waals surface area (Å²) in [5, 5.41) is 34.0. The molecule has 1 atom stereocenters. The second-order valence-electron chi connectivity index (χ2n) is 9.62. The maximum absolute atomic E-state index is 15.9. The van der Waals surface area contributed by atoms with Crippen LogP contribution in [0, 0.1) is 29.0 Å². The lowest BCUT2D eigenvalue weighted by molar-refractivity contribution is -0.207. The van der Waals surface area contributed by atoms with Crippen LogP contribution in [0.3, 0.4) is 0 Å². The van der Waals surface area contributed by atoms with Gasteiger partial charge in [0.15, 0.2) is 11.4 Å². The molecule has 0 saturated carbocycles. The molecule has 9 nitrogen and oxygen atoms in total. The molecular formula is C30H18F3N7O2S. The zero-order valence-corrected chi connectivity index (χ0v) is 22.7. The van der Waals surface area contributed by atoms with E-state index in [9.17, 15) is 14.3 Å². The van der Waals surface area contributed by atoms with Crippen molar-refractivity contribution >= 4 is 17.2 Å². The van der Waals surface area contributed by atoms with E-state index in [1.54, 1.807) is 36.4 Å². The summed E-state index contributed by atoms with van der Waals surface area (Å²) in [6.07, 6.45) is 1.16. The Balaban J connectivity index is 1.17. The molecule has 3 aromatic heterocycles. The molecule has 1 amide bonds. The lowest BCUT2D eigenvalue weighted by atomic mass is 9.80. The largest absolute Gasteiger partial charge is 0.377 e. The Morgan fingerprint density at radius 3 is 2.63 bits per heavy atom. The van der Waals surface area contributed by atoms with E-state index in [0.29, 0.717) is 27.4 Å². The molecule has 13 heteroatoms. The number of carbonyl (C=O) groups is 1. The van der Waals surface area contributed by atoms with E-state index in [1.807, 2.05) is 6.07 Å². The predicted octanol–water partition coefficient (Wildman–Crippen LogP) is 4.13. The van der Waals surface area contributed by atoms with Gasteiger partial charge in [-0.1, -0.05) is 30.0 Å². The minimum atomic E-state index is -3.91. The number of aliphatic hydroxyl groups is 1. The zero-order chi connectivity index (χ0) is 30.2. The van der Waals surface area contributed by atoms with Crippen molar-refractivity contribution in [2.45, 2.75) is 24.6 Å². The number of fused-ring (bicyclic) bond motifs is 3. The third-order valence-electron chi connectivity index (χ3n) is 6.88. The van der Waals surface area contributed by atoms with E-state index in [2.05, 4.69) is 37.7 Å². The molecule has 0 saturated heterocycles. The number of halogens is 3. The van der Waals surface area contributed by atoms with Crippen molar-refractivity contribution in [1.29, 1.82) is 5.26 Å². The highest BCUT2D eigenvalue weighted by molar-refractivity contribution is 7.14. The second-order valence-corrected chi connectivity index (χ2v) is 10.7. The second kappa shape index (κ2) is 10.8. The first-order valence-electron chi connectivity index (χ1n) is 12.7. The lowest BCUT2D eigenvalue weighted by Crippen LogP contribution is -2.49. The van der Waals surface area contributed by atoms with E-state index in [-0.39, 0.29) is 22.9 Å². The number of pyridine rings is 1. The molecule has 6 rings (SSSR count). The third kappa shape index (κ3) is 5.12. The standard InChI is InChI=1S/C30H18F3N7O2S/c31-21-7-10-24-23(13-21)27-37-38-39-40(27)17-29(24,42)30(32,33)26-12-6-20(15-35-26)5-8-22-9-11-25(43-22)28(41)36-16-19-3-1-18(14-34)2-4-19/h1-4,6-7,9-13,15,42H,16-17H2,(H,36,41). The number of nitrogens with zero attached hydrogens (tertiary/aromatic N) is 6. The van der Waals surface area contributed by atoms with Gasteiger partial charge in [0.1, 0.15) is 11.5 Å². The van der Waals surface area contributed by atoms with Crippen molar-refractivity contribution in [3.63, 3.8) is 0 Å². The molecule has 0 spiro atoms. The Labute approximate surface area is 246 Å². The molecule has 1 unspecified atom stereocenters. The van der Waals surface area contributed by atoms with E-state index in [4.69, 9.17) is 5.26 Å². The highest BCUT2D eigenvalue weighted by Gasteiger charge is 2.59. The first-order chi connectivity index (χ1) is 20.7. The average Bonchev–Trinajstić information content (AvgIpc) is 3.69. The van der Waals surface area contributed by atoms with Crippen molar-refractivity contribution in [2.75, 3.05) is 0 Å². The first kappa shape index (κ1) is 27.8. The topological polar surface area (TPSA) is 130 Å². The number of carbonyl (C=O) groups excluding carboxylic acids is 1. The third-order valence-corrected chi connectivity index (χ3v) is 7.88. The Hall–Kier alpha value is -5.37. The Morgan fingerprint density at radius 1 is 1.09 bits per heavy atom. The van der Waals surface area contributed by atoms with Crippen LogP contribution in [-0.4, -0.2) is 36.2 Å². The summed E-state index contributed by atoms with van der Waals surface area (Å²) in [6.45, 7) is -0.382. The predicted molar refractivity (Wildman–Crippen MR) is 148 cm³/mol. The van der Waals surface area contributed by atoms with Gasteiger partial charge in [-0.05, 0) is 64.5 Å². The minimum Gasteiger partial charge on any atom is -0.377 e. The van der Waals surface area contributed by atoms with E-state index < -0.39 is 29.6 Å². The molecule has 212 valence electrons. The minimum absolute atomic E-state index is 0.0424. The number of nitriles is 1. The fourth-order valence-electron chi connectivity index (χ4n) is 4.63. The maximum atomic E-state index is 15.9. The summed E-state index contributed by atoms with van der Waals surface area (Å²) in [5.74, 6) is 0.915. The average molecular weight is 598 g/mol. The molecule has 1 aliphatic heterocycles. The molecule has 4 heterocycles. The number of alkyl halides is 2. The van der Waals surface area contributed by atoms with Crippen LogP contribution >= 0.6 is 11.3 Å². The number of benzene rings is 2. The van der Waals surface area contributed by atoms with Crippen molar-refractivity contribution in [3.05, 3.63) is 116 Å². The summed E-state index contributed by atoms with van der Waals surface area (Å²) in [4.78, 5) is 17.4. The van der Waals surface area contributed by atoms with Crippen LogP contribution < -0.4 is 5.32 Å². The van der Waals surface area contributed by atoms with E-state index >= 15 is 8.78 Å². The molecule has 2 aromatic carbocycles. The molecule has 0 radical (unpaired) electrons. The molecule has 5 aromatic rings. The summed E-state index contributed by atoms with van der Waals surface area (Å²) in [7, 11) is 0. The van der Waals surface area contributed by atoms with E-state index in [1.165, 1.54) is 17.4 Å². The zero-order valence-electron chi connectivity index (χ0n) is 21.9. The van der Waals surface area contributed by atoms with Gasteiger partial charge in [-0.3, -0.25) is 9.78 Å². The van der Waals surface area contributed by atoms with Crippen LogP contribution in [0.5, 0.6) is 0 Å². The summed E-state index contributed by atoms with van der Waals surface area (Å²) in [5.41, 5.74) is -2.08. The van der Waals surface area contributed by atoms with Crippen LogP contribution in [0.1, 0.15) is 42.5 Å². The Morgan fingerprint density at radius 2 is 1.88 bits per heavy atom. The van der Waals surface area contributed by atoms with Crippen molar-refractivity contribution in [1.82, 2.24) is 30.5 Å². The number of rotatable bonds is 5. The molecule has 43 heavy (non-hydrogen) atoms. The van der Waals surface area contributed by atoms with Crippen molar-refractivity contribution in [3.8, 4) is 29.3 Å². The molecular weight excluding hydrogens is 579 g/mol. The Kier molecular flexibility index (Phi) is 6.98. The van der Waals surface area contributed by atoms with Crippen LogP contribution in [0.4, 0.5) is 13.2 Å². The summed E-state index contributed by atoms with van der Waals surface area (Å²) in [6, 6.07) is 17.7. The highest BCUT2D eigenvalue weighted by atomic mass is 32.1. The van der Waals surface area contributed by atoms with Crippen LogP contribution in [0.2, 0.25) is 0 Å². The summed E-state index contributed by atoms with van der Waals surface area (Å²) < 4.78 is 46.8. The molecule has 0 aliphatic carbocycles. The van der Waals surface area contributed by atoms with Gasteiger partial charge in [0.2, 0.25) is 0 Å². The lowest BCUT2D eigenvalue weighted by Gasteiger charge is -2.39. The van der Waals surface area contributed by atoms with Gasteiger partial charge in [0, 0.05) is 29.4 Å². The van der Waals surface area contributed by atoms with Crippen molar-refractivity contribution in [2.24, 2.45) is 0 Å². The number of thiophene rings is 1. The normalized spacial score (nSPS) is 15.4. The van der Waals surface area contributed by atoms with Crippen molar-refractivity contribution < 1.29 is 23.1 Å². The van der Waals surface area contributed by atoms with Crippen LogP contribution in [0.25, 0.3) is 11.4 Å². The first-order valence-corrected chi connectivity index (χ1v) is 13.5. The van der Waals surface area contributed by atoms with Gasteiger partial charge in [0.05, 0.1) is 27.9 Å². The molecule has 0 bridgehead atoms. The molecule has 2 N–H and O–H groups in total. The van der Waals surface area contributed by atoms with Gasteiger partial charge in [0.25, 0.3) is 5.91 Å². The van der Waals surface area contributed by atoms with Gasteiger partial charge in [-0.15, -0.1) is 16.4 Å². The quantitative estimate of drug-likeness (QED) is 0.292. The SMILES string of the molecule is N#Cc1ccc(CNC(=O)c2ccc(C#Cc3ccc(C(F)(F)C4(O)Cn5nnnc5-c5cc(F)ccc54)nc3)s2)cc1. The monoisotopic (exact) mass is 597 g/mol. The Bertz CT molecular complexity index is 1950. The fourth-order valence-corrected chi connectivity index (χ4v) is 5.41. The summed E-state index contributed by atoms with van der Waals surface area (Å²) >= 11 is 1.17. The number of hydrogen-bond acceptors (Lipinski definition) is 8. The van der Waals surface area contributed by atoms with Gasteiger partial charge in [-0.25, -0.2) is 9.07 Å². The number of nitrogens with one attached hydrogen (secondary N) is 1. The number of hydrogen-bond donors (Lipinski definition) is 2. The van der Waals surface area contributed by atoms with Crippen LogP contribution in [-0.2, 0) is 24.6 Å². The highest BCUT2D eigenvalue weighted by Crippen LogP contribution is 2.50. The smallest absolute Gasteiger partial charge is 0.323 e. The van der Waals surface area contributed by atoms with Gasteiger partial charge in [-0.2, -0.15) is 14.0 Å². The van der Waals surface area contributed by atoms with Gasteiger partial charge < -0.3 is 10.4 Å².